The molecule has 0 aliphatic rings. The summed E-state index contributed by atoms with van der Waals surface area (Å²) in [6.45, 7) is -4.64. The summed E-state index contributed by atoms with van der Waals surface area (Å²) in [5.41, 5.74) is -0.0526. The van der Waals surface area contributed by atoms with E-state index in [1.165, 1.54) is 19.2 Å². The van der Waals surface area contributed by atoms with E-state index in [9.17, 15) is 12.9 Å². The normalized spacial score (nSPS) is 10.7. The maximum Gasteiger partial charge on any atom is 0.509 e. The smallest absolute Gasteiger partial charge is 0.445 e. The molecule has 0 saturated heterocycles. The molecule has 0 saturated carbocycles. The van der Waals surface area contributed by atoms with Crippen molar-refractivity contribution in [1.29, 1.82) is 0 Å². The Morgan fingerprint density at radius 2 is 1.80 bits per heavy atom. The summed E-state index contributed by atoms with van der Waals surface area (Å²) in [7, 11) is 1.50. The van der Waals surface area contributed by atoms with Crippen LogP contribution in [0, 0.1) is 11.8 Å². The molecule has 0 atom stereocenters. The highest BCUT2D eigenvalue weighted by Gasteiger charge is 2.24. The Hall–Kier alpha value is -1.41. The van der Waals surface area contributed by atoms with E-state index in [2.05, 4.69) is 11.8 Å². The van der Waals surface area contributed by atoms with Crippen molar-refractivity contribution in [3.8, 4) is 11.8 Å². The van der Waals surface area contributed by atoms with Crippen LogP contribution >= 0.6 is 0 Å². The van der Waals surface area contributed by atoms with Crippen molar-refractivity contribution >= 4 is 12.4 Å². The lowest BCUT2D eigenvalue weighted by Gasteiger charge is -2.13. The van der Waals surface area contributed by atoms with E-state index in [1.54, 1.807) is 0 Å². The molecule has 1 aromatic rings. The summed E-state index contributed by atoms with van der Waals surface area (Å²) in [4.78, 5) is 0. The van der Waals surface area contributed by atoms with Gasteiger partial charge in [0, 0.05) is 12.7 Å². The summed E-state index contributed by atoms with van der Waals surface area (Å²) in [5, 5.41) is 0. The van der Waals surface area contributed by atoms with Gasteiger partial charge in [0.25, 0.3) is 0 Å². The number of rotatable bonds is 2. The highest BCUT2D eigenvalue weighted by atomic mass is 19.4. The number of methoxy groups -OCH3 is 1. The van der Waals surface area contributed by atoms with Crippen LogP contribution in [0.1, 0.15) is 5.56 Å². The molecule has 0 spiro atoms. The van der Waals surface area contributed by atoms with E-state index in [0.29, 0.717) is 5.56 Å². The van der Waals surface area contributed by atoms with E-state index in [1.807, 2.05) is 0 Å². The molecule has 5 heteroatoms. The van der Waals surface area contributed by atoms with Gasteiger partial charge in [-0.2, -0.15) is 0 Å². The lowest BCUT2D eigenvalue weighted by molar-refractivity contribution is 0.240. The summed E-state index contributed by atoms with van der Waals surface area (Å²) >= 11 is 0. The molecule has 0 unspecified atom stereocenters. The topological polar surface area (TPSA) is 9.23 Å². The Balaban J connectivity index is 2.79. The summed E-state index contributed by atoms with van der Waals surface area (Å²) in [6.07, 6.45) is 0. The Morgan fingerprint density at radius 1 is 1.20 bits per heavy atom. The number of hydrogen-bond acceptors (Lipinski definition) is 1. The zero-order valence-corrected chi connectivity index (χ0v) is 8.14. The minimum absolute atomic E-state index is 0.269. The van der Waals surface area contributed by atoms with Gasteiger partial charge in [0.1, 0.15) is 6.61 Å². The van der Waals surface area contributed by atoms with E-state index in [4.69, 9.17) is 4.74 Å². The van der Waals surface area contributed by atoms with Crippen molar-refractivity contribution in [2.45, 2.75) is 0 Å². The van der Waals surface area contributed by atoms with Gasteiger partial charge in [0.15, 0.2) is 0 Å². The molecule has 0 bridgehead atoms. The largest absolute Gasteiger partial charge is 0.509 e. The van der Waals surface area contributed by atoms with Crippen molar-refractivity contribution in [2.75, 3.05) is 13.7 Å². The van der Waals surface area contributed by atoms with Gasteiger partial charge in [0.05, 0.1) is 0 Å². The standard InChI is InChI=1S/C10H9BF3O/c1-15-8-2-3-9-4-6-10(7-5-9)11(12,13)14/h4-7H,8H2,1H3/q-1. The van der Waals surface area contributed by atoms with E-state index >= 15 is 0 Å². The first-order valence-electron chi connectivity index (χ1n) is 4.32. The van der Waals surface area contributed by atoms with Gasteiger partial charge in [-0.05, 0) is 12.1 Å². The molecule has 1 aromatic carbocycles. The monoisotopic (exact) mass is 213 g/mol. The Labute approximate surface area is 86.3 Å². The number of halogens is 3. The van der Waals surface area contributed by atoms with Gasteiger partial charge in [0.2, 0.25) is 0 Å². The van der Waals surface area contributed by atoms with Crippen molar-refractivity contribution in [3.63, 3.8) is 0 Å². The number of benzene rings is 1. The van der Waals surface area contributed by atoms with Crippen molar-refractivity contribution in [2.24, 2.45) is 0 Å². The zero-order valence-electron chi connectivity index (χ0n) is 8.14. The molecule has 0 aromatic heterocycles. The fraction of sp³-hybridized carbons (Fsp3) is 0.200. The lowest BCUT2D eigenvalue weighted by atomic mass is 9.80. The van der Waals surface area contributed by atoms with Gasteiger partial charge < -0.3 is 17.7 Å². The van der Waals surface area contributed by atoms with Gasteiger partial charge in [-0.1, -0.05) is 24.0 Å². The fourth-order valence-corrected chi connectivity index (χ4v) is 0.995. The van der Waals surface area contributed by atoms with Crippen LogP contribution in [-0.2, 0) is 4.74 Å². The molecule has 0 fully saturated rings. The molecule has 0 aliphatic carbocycles. The van der Waals surface area contributed by atoms with Crippen LogP contribution in [0.2, 0.25) is 0 Å². The number of ether oxygens (including phenoxy) is 1. The Morgan fingerprint density at radius 3 is 2.27 bits per heavy atom. The van der Waals surface area contributed by atoms with Crippen molar-refractivity contribution in [1.82, 2.24) is 0 Å². The third-order valence-corrected chi connectivity index (χ3v) is 1.74. The quantitative estimate of drug-likeness (QED) is 0.537. The van der Waals surface area contributed by atoms with Crippen LogP contribution in [0.25, 0.3) is 0 Å². The van der Waals surface area contributed by atoms with Gasteiger partial charge in [-0.3, -0.25) is 0 Å². The van der Waals surface area contributed by atoms with E-state index in [-0.39, 0.29) is 6.61 Å². The SMILES string of the molecule is COCC#Cc1ccc([B-](F)(F)F)cc1. The number of hydrogen-bond donors (Lipinski definition) is 0. The van der Waals surface area contributed by atoms with Crippen LogP contribution in [0.3, 0.4) is 0 Å². The first-order valence-corrected chi connectivity index (χ1v) is 4.32. The molecule has 0 heterocycles. The van der Waals surface area contributed by atoms with E-state index in [0.717, 1.165) is 12.1 Å². The average Bonchev–Trinajstić information content (AvgIpc) is 2.18. The summed E-state index contributed by atoms with van der Waals surface area (Å²) in [6, 6.07) is 4.79. The van der Waals surface area contributed by atoms with Gasteiger partial charge in [-0.15, -0.1) is 5.46 Å². The maximum atomic E-state index is 12.2. The molecule has 0 N–H and O–H groups in total. The Bertz CT molecular complexity index is 372. The third-order valence-electron chi connectivity index (χ3n) is 1.74. The first kappa shape index (κ1) is 11.7. The molecule has 80 valence electrons. The summed E-state index contributed by atoms with van der Waals surface area (Å²) < 4.78 is 41.4. The average molecular weight is 213 g/mol. The zero-order chi connectivity index (χ0) is 11.3. The maximum absolute atomic E-state index is 12.2. The van der Waals surface area contributed by atoms with Crippen molar-refractivity contribution in [3.05, 3.63) is 29.8 Å². The third kappa shape index (κ3) is 3.68. The molecular formula is C10H9BF3O-. The van der Waals surface area contributed by atoms with Crippen LogP contribution in [-0.4, -0.2) is 20.7 Å². The minimum atomic E-state index is -4.91. The van der Waals surface area contributed by atoms with Crippen LogP contribution in [0.4, 0.5) is 12.9 Å². The molecule has 0 amide bonds. The molecule has 0 aliphatic heterocycles. The second kappa shape index (κ2) is 4.90. The van der Waals surface area contributed by atoms with Crippen LogP contribution in [0.5, 0.6) is 0 Å². The van der Waals surface area contributed by atoms with E-state index < -0.39 is 12.4 Å². The predicted octanol–water partition coefficient (Wildman–Crippen LogP) is 1.74. The lowest BCUT2D eigenvalue weighted by Crippen LogP contribution is -2.33. The van der Waals surface area contributed by atoms with Gasteiger partial charge in [-0.25, -0.2) is 0 Å². The predicted molar refractivity (Wildman–Crippen MR) is 53.9 cm³/mol. The molecular weight excluding hydrogens is 204 g/mol. The van der Waals surface area contributed by atoms with Crippen LogP contribution in [0.15, 0.2) is 24.3 Å². The highest BCUT2D eigenvalue weighted by Crippen LogP contribution is 2.09. The van der Waals surface area contributed by atoms with Crippen LogP contribution < -0.4 is 5.46 Å². The Kier molecular flexibility index (Phi) is 3.81. The molecule has 0 radical (unpaired) electrons. The second-order valence-electron chi connectivity index (χ2n) is 2.93. The minimum Gasteiger partial charge on any atom is -0.445 e. The van der Waals surface area contributed by atoms with Crippen molar-refractivity contribution < 1.29 is 17.7 Å². The molecule has 1 rings (SSSR count). The highest BCUT2D eigenvalue weighted by molar-refractivity contribution is 6.73. The fourth-order valence-electron chi connectivity index (χ4n) is 0.995. The van der Waals surface area contributed by atoms with Gasteiger partial charge >= 0.3 is 6.98 Å². The second-order valence-corrected chi connectivity index (χ2v) is 2.93. The molecule has 15 heavy (non-hydrogen) atoms. The summed E-state index contributed by atoms with van der Waals surface area (Å²) in [5.74, 6) is 5.35. The first-order chi connectivity index (χ1) is 7.04. The molecule has 1 nitrogen and oxygen atoms in total.